The van der Waals surface area contributed by atoms with Gasteiger partial charge in [-0.1, -0.05) is 0 Å². The van der Waals surface area contributed by atoms with Crippen molar-refractivity contribution in [2.24, 2.45) is 0 Å². The molecule has 1 heterocycles. The molecular weight excluding hydrogens is 165 g/mol. The minimum absolute atomic E-state index is 0.0183. The molecule has 0 fully saturated rings. The van der Waals surface area contributed by atoms with Gasteiger partial charge in [0, 0.05) is 0 Å². The fraction of sp³-hybridized carbons (Fsp3) is 0.500. The van der Waals surface area contributed by atoms with Crippen LogP contribution in [0.3, 0.4) is 0 Å². The second-order valence-electron chi connectivity index (χ2n) is 1.99. The van der Waals surface area contributed by atoms with Crippen LogP contribution in [0.2, 0.25) is 0 Å². The standard InChI is InChI=1S/C6H8FN3O2/c1-12-6(11)5-8-4-9-10(5)3-2-7/h4H,2-3H2,1H3. The Kier molecular flexibility index (Phi) is 2.73. The topological polar surface area (TPSA) is 57.0 Å². The van der Waals surface area contributed by atoms with Crippen LogP contribution in [-0.4, -0.2) is 34.5 Å². The number of carbonyl (C=O) groups is 1. The van der Waals surface area contributed by atoms with Gasteiger partial charge in [0.15, 0.2) is 0 Å². The largest absolute Gasteiger partial charge is 0.463 e. The molecule has 66 valence electrons. The summed E-state index contributed by atoms with van der Waals surface area (Å²) in [4.78, 5) is 14.5. The van der Waals surface area contributed by atoms with Crippen LogP contribution in [0, 0.1) is 0 Å². The summed E-state index contributed by atoms with van der Waals surface area (Å²) in [7, 11) is 1.23. The van der Waals surface area contributed by atoms with Gasteiger partial charge >= 0.3 is 5.97 Å². The van der Waals surface area contributed by atoms with Crippen molar-refractivity contribution in [1.82, 2.24) is 14.8 Å². The second-order valence-corrected chi connectivity index (χ2v) is 1.99. The summed E-state index contributed by atoms with van der Waals surface area (Å²) in [5.74, 6) is -0.587. The van der Waals surface area contributed by atoms with Crippen molar-refractivity contribution in [3.8, 4) is 0 Å². The number of carbonyl (C=O) groups excluding carboxylic acids is 1. The van der Waals surface area contributed by atoms with Crippen LogP contribution in [0.1, 0.15) is 10.6 Å². The molecule has 0 saturated carbocycles. The molecule has 0 aliphatic rings. The lowest BCUT2D eigenvalue weighted by Crippen LogP contribution is -2.13. The van der Waals surface area contributed by atoms with E-state index in [-0.39, 0.29) is 12.4 Å². The SMILES string of the molecule is COC(=O)c1ncnn1CCF. The van der Waals surface area contributed by atoms with E-state index < -0.39 is 12.6 Å². The summed E-state index contributed by atoms with van der Waals surface area (Å²) in [6.45, 7) is -0.572. The third kappa shape index (κ3) is 1.58. The number of esters is 1. The molecule has 0 aromatic carbocycles. The van der Waals surface area contributed by atoms with Crippen molar-refractivity contribution >= 4 is 5.97 Å². The van der Waals surface area contributed by atoms with Crippen LogP contribution in [0.5, 0.6) is 0 Å². The molecule has 0 spiro atoms. The number of alkyl halides is 1. The number of aryl methyl sites for hydroxylation is 1. The first kappa shape index (κ1) is 8.63. The molecule has 1 aromatic heterocycles. The van der Waals surface area contributed by atoms with Crippen molar-refractivity contribution < 1.29 is 13.9 Å². The Morgan fingerprint density at radius 3 is 3.17 bits per heavy atom. The van der Waals surface area contributed by atoms with Gasteiger partial charge in [-0.3, -0.25) is 0 Å². The van der Waals surface area contributed by atoms with E-state index >= 15 is 0 Å². The second kappa shape index (κ2) is 3.80. The highest BCUT2D eigenvalue weighted by Crippen LogP contribution is 1.95. The van der Waals surface area contributed by atoms with Gasteiger partial charge in [0.1, 0.15) is 13.0 Å². The van der Waals surface area contributed by atoms with Crippen molar-refractivity contribution in [3.05, 3.63) is 12.2 Å². The number of halogens is 1. The lowest BCUT2D eigenvalue weighted by Gasteiger charge is -1.99. The maximum Gasteiger partial charge on any atom is 0.375 e. The molecule has 0 N–H and O–H groups in total. The molecule has 1 aromatic rings. The number of nitrogens with zero attached hydrogens (tertiary/aromatic N) is 3. The van der Waals surface area contributed by atoms with E-state index in [9.17, 15) is 9.18 Å². The van der Waals surface area contributed by atoms with Crippen molar-refractivity contribution in [3.63, 3.8) is 0 Å². The highest BCUT2D eigenvalue weighted by Gasteiger charge is 2.13. The molecule has 0 bridgehead atoms. The minimum atomic E-state index is -0.610. The summed E-state index contributed by atoms with van der Waals surface area (Å²) >= 11 is 0. The first-order valence-corrected chi connectivity index (χ1v) is 3.31. The molecule has 5 nitrogen and oxygen atoms in total. The molecule has 0 saturated heterocycles. The van der Waals surface area contributed by atoms with Gasteiger partial charge in [-0.2, -0.15) is 5.10 Å². The smallest absolute Gasteiger partial charge is 0.375 e. The molecule has 12 heavy (non-hydrogen) atoms. The monoisotopic (exact) mass is 173 g/mol. The summed E-state index contributed by atoms with van der Waals surface area (Å²) in [6.07, 6.45) is 1.18. The Morgan fingerprint density at radius 2 is 2.58 bits per heavy atom. The van der Waals surface area contributed by atoms with Gasteiger partial charge in [-0.25, -0.2) is 18.9 Å². The zero-order chi connectivity index (χ0) is 8.97. The van der Waals surface area contributed by atoms with E-state index in [2.05, 4.69) is 14.8 Å². The summed E-state index contributed by atoms with van der Waals surface area (Å²) < 4.78 is 17.4. The Labute approximate surface area is 68.2 Å². The van der Waals surface area contributed by atoms with Crippen LogP contribution in [0.25, 0.3) is 0 Å². The third-order valence-corrected chi connectivity index (χ3v) is 1.28. The van der Waals surface area contributed by atoms with E-state index in [1.165, 1.54) is 13.4 Å². The van der Waals surface area contributed by atoms with Crippen LogP contribution < -0.4 is 0 Å². The molecule has 0 amide bonds. The van der Waals surface area contributed by atoms with E-state index in [4.69, 9.17) is 0 Å². The fourth-order valence-electron chi connectivity index (χ4n) is 0.757. The third-order valence-electron chi connectivity index (χ3n) is 1.28. The Balaban J connectivity index is 2.83. The van der Waals surface area contributed by atoms with E-state index in [1.807, 2.05) is 0 Å². The zero-order valence-electron chi connectivity index (χ0n) is 6.53. The number of hydrogen-bond acceptors (Lipinski definition) is 4. The lowest BCUT2D eigenvalue weighted by molar-refractivity contribution is 0.0579. The predicted octanol–water partition coefficient (Wildman–Crippen LogP) is 0.0342. The van der Waals surface area contributed by atoms with E-state index in [0.29, 0.717) is 0 Å². The van der Waals surface area contributed by atoms with Gasteiger partial charge < -0.3 is 4.74 Å². The normalized spacial score (nSPS) is 9.83. The van der Waals surface area contributed by atoms with Gasteiger partial charge in [0.2, 0.25) is 5.82 Å². The van der Waals surface area contributed by atoms with Gasteiger partial charge in [0.05, 0.1) is 13.7 Å². The Morgan fingerprint density at radius 1 is 1.83 bits per heavy atom. The molecule has 0 radical (unpaired) electrons. The number of ether oxygens (including phenoxy) is 1. The number of rotatable bonds is 3. The highest BCUT2D eigenvalue weighted by atomic mass is 19.1. The van der Waals surface area contributed by atoms with Crippen molar-refractivity contribution in [2.75, 3.05) is 13.8 Å². The van der Waals surface area contributed by atoms with Crippen LogP contribution in [-0.2, 0) is 11.3 Å². The maximum absolute atomic E-state index is 11.9. The average Bonchev–Trinajstić information content (AvgIpc) is 2.52. The van der Waals surface area contributed by atoms with Crippen molar-refractivity contribution in [1.29, 1.82) is 0 Å². The number of aromatic nitrogens is 3. The highest BCUT2D eigenvalue weighted by molar-refractivity contribution is 5.85. The quantitative estimate of drug-likeness (QED) is 0.605. The molecule has 0 aliphatic heterocycles. The van der Waals surface area contributed by atoms with E-state index in [0.717, 1.165) is 4.68 Å². The van der Waals surface area contributed by atoms with Gasteiger partial charge in [-0.05, 0) is 0 Å². The lowest BCUT2D eigenvalue weighted by atomic mass is 10.6. The zero-order valence-corrected chi connectivity index (χ0v) is 6.53. The number of methoxy groups -OCH3 is 1. The average molecular weight is 173 g/mol. The van der Waals surface area contributed by atoms with Crippen LogP contribution in [0.4, 0.5) is 4.39 Å². The first-order chi connectivity index (χ1) is 5.79. The molecule has 1 rings (SSSR count). The van der Waals surface area contributed by atoms with Gasteiger partial charge in [0.25, 0.3) is 0 Å². The summed E-state index contributed by atoms with van der Waals surface area (Å²) in [5.41, 5.74) is 0. The number of hydrogen-bond donors (Lipinski definition) is 0. The Bertz CT molecular complexity index is 274. The molecule has 0 aliphatic carbocycles. The fourth-order valence-corrected chi connectivity index (χ4v) is 0.757. The van der Waals surface area contributed by atoms with Gasteiger partial charge in [-0.15, -0.1) is 0 Å². The predicted molar refractivity (Wildman–Crippen MR) is 37.3 cm³/mol. The first-order valence-electron chi connectivity index (χ1n) is 3.31. The molecule has 0 unspecified atom stereocenters. The maximum atomic E-state index is 11.9. The molecule has 6 heteroatoms. The van der Waals surface area contributed by atoms with Crippen LogP contribution in [0.15, 0.2) is 6.33 Å². The summed E-state index contributed by atoms with van der Waals surface area (Å²) in [6, 6.07) is 0. The van der Waals surface area contributed by atoms with Crippen LogP contribution >= 0.6 is 0 Å². The van der Waals surface area contributed by atoms with Crippen molar-refractivity contribution in [2.45, 2.75) is 6.54 Å². The molecule has 0 atom stereocenters. The summed E-state index contributed by atoms with van der Waals surface area (Å²) in [5, 5.41) is 3.64. The Hall–Kier alpha value is -1.46. The van der Waals surface area contributed by atoms with E-state index in [1.54, 1.807) is 0 Å². The molecular formula is C6H8FN3O2. The minimum Gasteiger partial charge on any atom is -0.463 e.